The molecule has 1 heterocycles. The minimum atomic E-state index is 0.550. The summed E-state index contributed by atoms with van der Waals surface area (Å²) < 4.78 is 5.45. The summed E-state index contributed by atoms with van der Waals surface area (Å²) in [6, 6.07) is 3.61. The van der Waals surface area contributed by atoms with Crippen LogP contribution in [0.25, 0.3) is 0 Å². The fourth-order valence-corrected chi connectivity index (χ4v) is 1.54. The van der Waals surface area contributed by atoms with Crippen molar-refractivity contribution in [3.05, 3.63) is 17.2 Å². The maximum absolute atomic E-state index is 5.87. The van der Waals surface area contributed by atoms with E-state index in [9.17, 15) is 0 Å². The highest BCUT2D eigenvalue weighted by Gasteiger charge is 2.16. The standard InChI is InChI=1S/C9H11ClN2O/c1-12-2-3-13-9-4-6(10)7(11)5-8(9)12/h4-5H,2-3,11H2,1H3. The molecule has 2 N–H and O–H groups in total. The third-order valence-electron chi connectivity index (χ3n) is 2.17. The molecule has 1 aromatic carbocycles. The van der Waals surface area contributed by atoms with Gasteiger partial charge >= 0.3 is 0 Å². The Morgan fingerprint density at radius 2 is 2.31 bits per heavy atom. The van der Waals surface area contributed by atoms with Crippen LogP contribution in [-0.4, -0.2) is 20.2 Å². The lowest BCUT2D eigenvalue weighted by molar-refractivity contribution is 0.311. The van der Waals surface area contributed by atoms with Crippen LogP contribution < -0.4 is 15.4 Å². The number of ether oxygens (including phenoxy) is 1. The molecular weight excluding hydrogens is 188 g/mol. The molecule has 1 aliphatic heterocycles. The molecule has 0 saturated heterocycles. The molecule has 0 aliphatic carbocycles. The first-order valence-electron chi connectivity index (χ1n) is 4.11. The fourth-order valence-electron chi connectivity index (χ4n) is 1.39. The Morgan fingerprint density at radius 3 is 3.08 bits per heavy atom. The molecule has 0 atom stereocenters. The number of halogens is 1. The molecule has 3 nitrogen and oxygen atoms in total. The number of anilines is 2. The highest BCUT2D eigenvalue weighted by molar-refractivity contribution is 6.33. The van der Waals surface area contributed by atoms with Gasteiger partial charge in [-0.1, -0.05) is 11.6 Å². The highest BCUT2D eigenvalue weighted by Crippen LogP contribution is 2.36. The minimum absolute atomic E-state index is 0.550. The molecule has 0 fully saturated rings. The number of nitrogens with zero attached hydrogens (tertiary/aromatic N) is 1. The summed E-state index contributed by atoms with van der Waals surface area (Å²) in [6.45, 7) is 1.58. The van der Waals surface area contributed by atoms with Gasteiger partial charge in [-0.05, 0) is 6.07 Å². The molecule has 13 heavy (non-hydrogen) atoms. The van der Waals surface area contributed by atoms with Gasteiger partial charge in [0.2, 0.25) is 0 Å². The van der Waals surface area contributed by atoms with Gasteiger partial charge in [0.1, 0.15) is 12.4 Å². The summed E-state index contributed by atoms with van der Waals surface area (Å²) >= 11 is 5.87. The molecule has 4 heteroatoms. The van der Waals surface area contributed by atoms with Crippen LogP contribution in [0.5, 0.6) is 5.75 Å². The van der Waals surface area contributed by atoms with Crippen molar-refractivity contribution in [2.24, 2.45) is 0 Å². The number of benzene rings is 1. The van der Waals surface area contributed by atoms with Crippen LogP contribution in [0.3, 0.4) is 0 Å². The van der Waals surface area contributed by atoms with Crippen LogP contribution in [0, 0.1) is 0 Å². The number of nitrogens with two attached hydrogens (primary N) is 1. The molecule has 1 aromatic rings. The zero-order valence-electron chi connectivity index (χ0n) is 7.38. The second-order valence-corrected chi connectivity index (χ2v) is 3.52. The van der Waals surface area contributed by atoms with E-state index in [1.54, 1.807) is 6.07 Å². The highest BCUT2D eigenvalue weighted by atomic mass is 35.5. The summed E-state index contributed by atoms with van der Waals surface area (Å²) in [6.07, 6.45) is 0. The van der Waals surface area contributed by atoms with Crippen molar-refractivity contribution in [3.63, 3.8) is 0 Å². The van der Waals surface area contributed by atoms with Crippen molar-refractivity contribution in [2.75, 3.05) is 30.8 Å². The maximum atomic E-state index is 5.87. The first-order chi connectivity index (χ1) is 6.18. The molecule has 0 unspecified atom stereocenters. The van der Waals surface area contributed by atoms with Crippen LogP contribution in [-0.2, 0) is 0 Å². The van der Waals surface area contributed by atoms with Gasteiger partial charge in [0.25, 0.3) is 0 Å². The summed E-state index contributed by atoms with van der Waals surface area (Å²) in [5, 5.41) is 0.550. The monoisotopic (exact) mass is 198 g/mol. The number of nitrogen functional groups attached to an aromatic ring is 1. The minimum Gasteiger partial charge on any atom is -0.490 e. The Hall–Kier alpha value is -1.09. The van der Waals surface area contributed by atoms with Crippen LogP contribution in [0.4, 0.5) is 11.4 Å². The second kappa shape index (κ2) is 3.00. The number of hydrogen-bond acceptors (Lipinski definition) is 3. The summed E-state index contributed by atoms with van der Waals surface area (Å²) in [4.78, 5) is 2.10. The van der Waals surface area contributed by atoms with E-state index in [0.717, 1.165) is 18.0 Å². The molecule has 0 amide bonds. The molecule has 70 valence electrons. The lowest BCUT2D eigenvalue weighted by Crippen LogP contribution is -2.28. The number of fused-ring (bicyclic) bond motifs is 1. The predicted molar refractivity (Wildman–Crippen MR) is 54.6 cm³/mol. The van der Waals surface area contributed by atoms with Gasteiger partial charge in [0.05, 0.1) is 22.9 Å². The number of rotatable bonds is 0. The van der Waals surface area contributed by atoms with E-state index < -0.39 is 0 Å². The fraction of sp³-hybridized carbons (Fsp3) is 0.333. The average Bonchev–Trinajstić information content (AvgIpc) is 2.09. The van der Waals surface area contributed by atoms with Crippen molar-refractivity contribution < 1.29 is 4.74 Å². The lowest BCUT2D eigenvalue weighted by Gasteiger charge is -2.28. The SMILES string of the molecule is CN1CCOc2cc(Cl)c(N)cc21. The van der Waals surface area contributed by atoms with E-state index in [4.69, 9.17) is 22.1 Å². The van der Waals surface area contributed by atoms with Crippen molar-refractivity contribution in [1.29, 1.82) is 0 Å². The van der Waals surface area contributed by atoms with Gasteiger partial charge in [0.15, 0.2) is 0 Å². The van der Waals surface area contributed by atoms with E-state index in [1.165, 1.54) is 0 Å². The van der Waals surface area contributed by atoms with Crippen LogP contribution in [0.15, 0.2) is 12.1 Å². The topological polar surface area (TPSA) is 38.5 Å². The Balaban J connectivity index is 2.52. The molecule has 2 rings (SSSR count). The molecule has 0 aromatic heterocycles. The van der Waals surface area contributed by atoms with Gasteiger partial charge in [0, 0.05) is 13.1 Å². The maximum Gasteiger partial charge on any atom is 0.144 e. The number of hydrogen-bond donors (Lipinski definition) is 1. The summed E-state index contributed by atoms with van der Waals surface area (Å²) in [5.74, 6) is 0.813. The molecule has 0 bridgehead atoms. The van der Waals surface area contributed by atoms with Gasteiger partial charge in [-0.3, -0.25) is 0 Å². The Kier molecular flexibility index (Phi) is 1.96. The van der Waals surface area contributed by atoms with Crippen molar-refractivity contribution in [2.45, 2.75) is 0 Å². The van der Waals surface area contributed by atoms with Crippen LogP contribution in [0.1, 0.15) is 0 Å². The smallest absolute Gasteiger partial charge is 0.144 e. The quantitative estimate of drug-likeness (QED) is 0.646. The largest absolute Gasteiger partial charge is 0.490 e. The van der Waals surface area contributed by atoms with Crippen LogP contribution in [0.2, 0.25) is 5.02 Å². The molecule has 0 spiro atoms. The van der Waals surface area contributed by atoms with Gasteiger partial charge < -0.3 is 15.4 Å². The predicted octanol–water partition coefficient (Wildman–Crippen LogP) is 1.75. The van der Waals surface area contributed by atoms with E-state index in [2.05, 4.69) is 4.90 Å². The zero-order chi connectivity index (χ0) is 9.42. The summed E-state index contributed by atoms with van der Waals surface area (Å²) in [5.41, 5.74) is 7.29. The van der Waals surface area contributed by atoms with E-state index >= 15 is 0 Å². The molecule has 1 aliphatic rings. The van der Waals surface area contributed by atoms with Crippen molar-refractivity contribution >= 4 is 23.0 Å². The third kappa shape index (κ3) is 1.40. The van der Waals surface area contributed by atoms with E-state index in [1.807, 2.05) is 13.1 Å². The third-order valence-corrected chi connectivity index (χ3v) is 2.50. The van der Waals surface area contributed by atoms with Gasteiger partial charge in [-0.15, -0.1) is 0 Å². The first kappa shape index (κ1) is 8.51. The van der Waals surface area contributed by atoms with Crippen molar-refractivity contribution in [1.82, 2.24) is 0 Å². The molecular formula is C9H11ClN2O. The molecule has 0 saturated carbocycles. The Bertz CT molecular complexity index is 341. The number of likely N-dealkylation sites (N-methyl/N-ethyl adjacent to an activating group) is 1. The van der Waals surface area contributed by atoms with Gasteiger partial charge in [-0.25, -0.2) is 0 Å². The van der Waals surface area contributed by atoms with Crippen molar-refractivity contribution in [3.8, 4) is 5.75 Å². The summed E-state index contributed by atoms with van der Waals surface area (Å²) in [7, 11) is 2.01. The zero-order valence-corrected chi connectivity index (χ0v) is 8.14. The van der Waals surface area contributed by atoms with E-state index in [-0.39, 0.29) is 0 Å². The van der Waals surface area contributed by atoms with Gasteiger partial charge in [-0.2, -0.15) is 0 Å². The average molecular weight is 199 g/mol. The first-order valence-corrected chi connectivity index (χ1v) is 4.49. The Morgan fingerprint density at radius 1 is 1.54 bits per heavy atom. The second-order valence-electron chi connectivity index (χ2n) is 3.11. The van der Waals surface area contributed by atoms with E-state index in [0.29, 0.717) is 17.3 Å². The Labute approximate surface area is 82.0 Å². The normalized spacial score (nSPS) is 15.1. The van der Waals surface area contributed by atoms with Crippen LogP contribution >= 0.6 is 11.6 Å². The molecule has 0 radical (unpaired) electrons. The lowest BCUT2D eigenvalue weighted by atomic mass is 10.2.